The molecule has 0 bridgehead atoms. The number of rotatable bonds is 3. The monoisotopic (exact) mass is 292 g/mol. The zero-order chi connectivity index (χ0) is 14.8. The van der Waals surface area contributed by atoms with Crippen molar-refractivity contribution in [3.8, 4) is 6.07 Å². The van der Waals surface area contributed by atoms with E-state index in [0.29, 0.717) is 36.1 Å². The molecule has 1 fully saturated rings. The summed E-state index contributed by atoms with van der Waals surface area (Å²) in [6, 6.07) is 8.95. The summed E-state index contributed by atoms with van der Waals surface area (Å²) in [6.45, 7) is 5.34. The van der Waals surface area contributed by atoms with Gasteiger partial charge < -0.3 is 0 Å². The van der Waals surface area contributed by atoms with Gasteiger partial charge in [-0.05, 0) is 29.9 Å². The molecule has 2 rings (SSSR count). The number of benzene rings is 1. The molecule has 1 heterocycles. The maximum absolute atomic E-state index is 12.5. The van der Waals surface area contributed by atoms with E-state index >= 15 is 0 Å². The number of nitrogens with zero attached hydrogens (tertiary/aromatic N) is 2. The van der Waals surface area contributed by atoms with Crippen molar-refractivity contribution < 1.29 is 8.42 Å². The lowest BCUT2D eigenvalue weighted by Crippen LogP contribution is -2.43. The van der Waals surface area contributed by atoms with Crippen LogP contribution in [0.2, 0.25) is 0 Å². The van der Waals surface area contributed by atoms with E-state index in [1.807, 2.05) is 0 Å². The molecule has 4 nitrogen and oxygen atoms in total. The van der Waals surface area contributed by atoms with E-state index in [4.69, 9.17) is 5.26 Å². The Balaban J connectivity index is 2.21. The number of sulfonamides is 1. The molecule has 0 aliphatic carbocycles. The van der Waals surface area contributed by atoms with Crippen molar-refractivity contribution in [2.45, 2.75) is 26.0 Å². The fourth-order valence-corrected chi connectivity index (χ4v) is 4.67. The molecule has 0 aromatic heterocycles. The van der Waals surface area contributed by atoms with E-state index in [2.05, 4.69) is 19.9 Å². The predicted molar refractivity (Wildman–Crippen MR) is 78.3 cm³/mol. The van der Waals surface area contributed by atoms with Gasteiger partial charge in [-0.25, -0.2) is 12.7 Å². The summed E-state index contributed by atoms with van der Waals surface area (Å²) in [5, 5.41) is 9.05. The van der Waals surface area contributed by atoms with Crippen molar-refractivity contribution in [1.29, 1.82) is 5.26 Å². The first-order valence-corrected chi connectivity index (χ1v) is 8.49. The molecule has 1 aliphatic rings. The maximum atomic E-state index is 12.5. The largest absolute Gasteiger partial charge is 0.218 e. The van der Waals surface area contributed by atoms with Crippen molar-refractivity contribution in [2.75, 3.05) is 13.1 Å². The Hall–Kier alpha value is -1.38. The third-order valence-electron chi connectivity index (χ3n) is 3.70. The molecule has 108 valence electrons. The van der Waals surface area contributed by atoms with Crippen LogP contribution in [0.25, 0.3) is 0 Å². The summed E-state index contributed by atoms with van der Waals surface area (Å²) in [4.78, 5) is 0. The second kappa shape index (κ2) is 5.94. The molecule has 0 saturated carbocycles. The van der Waals surface area contributed by atoms with Crippen molar-refractivity contribution in [3.63, 3.8) is 0 Å². The van der Waals surface area contributed by atoms with Gasteiger partial charge in [0, 0.05) is 13.1 Å². The van der Waals surface area contributed by atoms with Gasteiger partial charge in [0.1, 0.15) is 0 Å². The van der Waals surface area contributed by atoms with E-state index in [9.17, 15) is 8.42 Å². The second-order valence-electron chi connectivity index (χ2n) is 5.79. The molecule has 5 heteroatoms. The molecule has 0 N–H and O–H groups in total. The molecule has 0 radical (unpaired) electrons. The Morgan fingerprint density at radius 3 is 2.45 bits per heavy atom. The lowest BCUT2D eigenvalue weighted by atomic mass is 9.94. The average Bonchev–Trinajstić information content (AvgIpc) is 2.38. The summed E-state index contributed by atoms with van der Waals surface area (Å²) in [5.41, 5.74) is 1.02. The van der Waals surface area contributed by atoms with Crippen molar-refractivity contribution in [3.05, 3.63) is 35.4 Å². The maximum Gasteiger partial charge on any atom is 0.218 e. The Labute approximate surface area is 121 Å². The van der Waals surface area contributed by atoms with Gasteiger partial charge in [0.15, 0.2) is 0 Å². The van der Waals surface area contributed by atoms with Gasteiger partial charge in [0.25, 0.3) is 0 Å². The van der Waals surface area contributed by atoms with E-state index in [1.165, 1.54) is 0 Å². The van der Waals surface area contributed by atoms with Gasteiger partial charge in [0.2, 0.25) is 10.0 Å². The van der Waals surface area contributed by atoms with E-state index in [0.717, 1.165) is 6.42 Å². The summed E-state index contributed by atoms with van der Waals surface area (Å²) in [5.74, 6) is 0.690. The van der Waals surface area contributed by atoms with Gasteiger partial charge in [0.05, 0.1) is 17.4 Å². The quantitative estimate of drug-likeness (QED) is 0.859. The molecule has 1 aliphatic heterocycles. The molecule has 1 saturated heterocycles. The number of piperidine rings is 1. The van der Waals surface area contributed by atoms with Crippen LogP contribution >= 0.6 is 0 Å². The lowest BCUT2D eigenvalue weighted by molar-refractivity contribution is 0.222. The fourth-order valence-electron chi connectivity index (χ4n) is 2.88. The van der Waals surface area contributed by atoms with Crippen LogP contribution < -0.4 is 0 Å². The Morgan fingerprint density at radius 1 is 1.25 bits per heavy atom. The van der Waals surface area contributed by atoms with Gasteiger partial charge in [-0.2, -0.15) is 5.26 Å². The lowest BCUT2D eigenvalue weighted by Gasteiger charge is -2.34. The molecule has 20 heavy (non-hydrogen) atoms. The van der Waals surface area contributed by atoms with Crippen LogP contribution in [-0.2, 0) is 15.8 Å². The SMILES string of the molecule is CC1CC(C)CN(S(=O)(=O)Cc2ccccc2C#N)C1. The predicted octanol–water partition coefficient (Wildman–Crippen LogP) is 2.37. The molecular formula is C15H20N2O2S. The topological polar surface area (TPSA) is 61.2 Å². The average molecular weight is 292 g/mol. The molecule has 0 amide bonds. The number of hydrogen-bond donors (Lipinski definition) is 0. The second-order valence-corrected chi connectivity index (χ2v) is 7.76. The highest BCUT2D eigenvalue weighted by molar-refractivity contribution is 7.88. The molecule has 1 aromatic rings. The summed E-state index contributed by atoms with van der Waals surface area (Å²) >= 11 is 0. The standard InChI is InChI=1S/C15H20N2O2S/c1-12-7-13(2)10-17(9-12)20(18,19)11-15-6-4-3-5-14(15)8-16/h3-6,12-13H,7,9-11H2,1-2H3. The minimum atomic E-state index is -3.35. The summed E-state index contributed by atoms with van der Waals surface area (Å²) in [7, 11) is -3.35. The Morgan fingerprint density at radius 2 is 1.85 bits per heavy atom. The van der Waals surface area contributed by atoms with Crippen LogP contribution in [-0.4, -0.2) is 25.8 Å². The first-order valence-electron chi connectivity index (χ1n) is 6.88. The van der Waals surface area contributed by atoms with E-state index in [1.54, 1.807) is 28.6 Å². The molecule has 2 unspecified atom stereocenters. The molecule has 1 aromatic carbocycles. The highest BCUT2D eigenvalue weighted by atomic mass is 32.2. The summed E-state index contributed by atoms with van der Waals surface area (Å²) < 4.78 is 26.6. The first kappa shape index (κ1) is 15.0. The minimum absolute atomic E-state index is 0.0871. The van der Waals surface area contributed by atoms with E-state index in [-0.39, 0.29) is 5.75 Å². The Bertz CT molecular complexity index is 609. The van der Waals surface area contributed by atoms with Crippen LogP contribution in [0.1, 0.15) is 31.4 Å². The molecule has 2 atom stereocenters. The van der Waals surface area contributed by atoms with Gasteiger partial charge in [-0.1, -0.05) is 32.0 Å². The van der Waals surface area contributed by atoms with Crippen molar-refractivity contribution in [2.24, 2.45) is 11.8 Å². The van der Waals surface area contributed by atoms with Gasteiger partial charge >= 0.3 is 0 Å². The van der Waals surface area contributed by atoms with Crippen LogP contribution in [0.5, 0.6) is 0 Å². The highest BCUT2D eigenvalue weighted by Crippen LogP contribution is 2.25. The van der Waals surface area contributed by atoms with Crippen LogP contribution in [0.3, 0.4) is 0 Å². The Kier molecular flexibility index (Phi) is 4.46. The van der Waals surface area contributed by atoms with Gasteiger partial charge in [-0.15, -0.1) is 0 Å². The number of nitriles is 1. The molecular weight excluding hydrogens is 272 g/mol. The first-order chi connectivity index (χ1) is 9.42. The normalized spacial score (nSPS) is 24.2. The van der Waals surface area contributed by atoms with E-state index < -0.39 is 10.0 Å². The van der Waals surface area contributed by atoms with Crippen molar-refractivity contribution in [1.82, 2.24) is 4.31 Å². The van der Waals surface area contributed by atoms with Crippen LogP contribution in [0.4, 0.5) is 0 Å². The van der Waals surface area contributed by atoms with Crippen molar-refractivity contribution >= 4 is 10.0 Å². The third-order valence-corrected chi connectivity index (χ3v) is 5.47. The smallest absolute Gasteiger partial charge is 0.212 e. The zero-order valence-corrected chi connectivity index (χ0v) is 12.7. The molecule has 0 spiro atoms. The summed E-state index contributed by atoms with van der Waals surface area (Å²) in [6.07, 6.45) is 1.07. The fraction of sp³-hybridized carbons (Fsp3) is 0.533. The van der Waals surface area contributed by atoms with Crippen LogP contribution in [0.15, 0.2) is 24.3 Å². The third kappa shape index (κ3) is 3.38. The van der Waals surface area contributed by atoms with Crippen LogP contribution in [0, 0.1) is 23.2 Å². The van der Waals surface area contributed by atoms with Gasteiger partial charge in [-0.3, -0.25) is 0 Å². The minimum Gasteiger partial charge on any atom is -0.212 e. The number of hydrogen-bond acceptors (Lipinski definition) is 3. The zero-order valence-electron chi connectivity index (χ0n) is 11.9. The highest BCUT2D eigenvalue weighted by Gasteiger charge is 2.30.